The third-order valence-electron chi connectivity index (χ3n) is 4.29. The lowest BCUT2D eigenvalue weighted by molar-refractivity contribution is -0.137. The van der Waals surface area contributed by atoms with Gasteiger partial charge in [0.2, 0.25) is 5.95 Å². The molecule has 0 aliphatic heterocycles. The monoisotopic (exact) mass is 398 g/mol. The molecule has 2 aromatic heterocycles. The Bertz CT molecular complexity index is 1140. The summed E-state index contributed by atoms with van der Waals surface area (Å²) in [5, 5.41) is 14.1. The topological polar surface area (TPSA) is 78.5 Å². The van der Waals surface area contributed by atoms with Crippen LogP contribution in [0, 0.1) is 6.92 Å². The van der Waals surface area contributed by atoms with Crippen molar-refractivity contribution >= 4 is 28.5 Å². The fraction of sp³-hybridized carbons (Fsp3) is 0.150. The van der Waals surface area contributed by atoms with E-state index in [0.29, 0.717) is 23.1 Å². The predicted octanol–water partition coefficient (Wildman–Crippen LogP) is 5.04. The number of hydrogen-bond donors (Lipinski definition) is 3. The highest BCUT2D eigenvalue weighted by Crippen LogP contribution is 2.29. The van der Waals surface area contributed by atoms with Crippen LogP contribution in [0.25, 0.3) is 10.9 Å². The molecule has 0 saturated carbocycles. The van der Waals surface area contributed by atoms with Crippen molar-refractivity contribution in [3.05, 3.63) is 71.4 Å². The molecule has 4 aromatic rings. The standard InChI is InChI=1S/C20H17F3N6/c1-12-10-17(29-28-12)26-18-15-4-2-3-5-16(15)25-19(27-18)24-11-13-6-8-14(9-7-13)20(21,22)23/h2-10H,11H2,1H3,(H3,24,25,26,27,28,29). The highest BCUT2D eigenvalue weighted by Gasteiger charge is 2.29. The predicted molar refractivity (Wildman–Crippen MR) is 105 cm³/mol. The maximum Gasteiger partial charge on any atom is 0.416 e. The van der Waals surface area contributed by atoms with Crippen LogP contribution in [0.5, 0.6) is 0 Å². The summed E-state index contributed by atoms with van der Waals surface area (Å²) in [4.78, 5) is 8.99. The first-order valence-corrected chi connectivity index (χ1v) is 8.84. The SMILES string of the molecule is Cc1cc(Nc2nc(NCc3ccc(C(F)(F)F)cc3)nc3ccccc23)n[nH]1. The van der Waals surface area contributed by atoms with Crippen molar-refractivity contribution in [2.24, 2.45) is 0 Å². The first-order valence-electron chi connectivity index (χ1n) is 8.84. The first kappa shape index (κ1) is 18.7. The quantitative estimate of drug-likeness (QED) is 0.439. The third kappa shape index (κ3) is 4.29. The molecule has 0 bridgehead atoms. The molecule has 0 unspecified atom stereocenters. The van der Waals surface area contributed by atoms with Gasteiger partial charge >= 0.3 is 6.18 Å². The van der Waals surface area contributed by atoms with E-state index in [2.05, 4.69) is 30.8 Å². The largest absolute Gasteiger partial charge is 0.416 e. The molecule has 4 rings (SSSR count). The zero-order valence-electron chi connectivity index (χ0n) is 15.4. The van der Waals surface area contributed by atoms with Gasteiger partial charge in [-0.2, -0.15) is 23.3 Å². The molecule has 0 amide bonds. The normalized spacial score (nSPS) is 11.6. The Morgan fingerprint density at radius 1 is 1.00 bits per heavy atom. The van der Waals surface area contributed by atoms with Gasteiger partial charge in [0.1, 0.15) is 5.82 Å². The zero-order valence-corrected chi connectivity index (χ0v) is 15.4. The number of H-pyrrole nitrogens is 1. The number of aromatic nitrogens is 4. The van der Waals surface area contributed by atoms with Gasteiger partial charge in [-0.3, -0.25) is 5.10 Å². The summed E-state index contributed by atoms with van der Waals surface area (Å²) in [6.07, 6.45) is -4.35. The molecule has 29 heavy (non-hydrogen) atoms. The number of benzene rings is 2. The van der Waals surface area contributed by atoms with Crippen molar-refractivity contribution in [2.75, 3.05) is 10.6 Å². The maximum absolute atomic E-state index is 12.7. The molecule has 2 aromatic carbocycles. The number of aryl methyl sites for hydroxylation is 1. The molecule has 0 saturated heterocycles. The van der Waals surface area contributed by atoms with E-state index in [4.69, 9.17) is 0 Å². The third-order valence-corrected chi connectivity index (χ3v) is 4.29. The fourth-order valence-corrected chi connectivity index (χ4v) is 2.85. The molecule has 0 atom stereocenters. The van der Waals surface area contributed by atoms with E-state index in [1.165, 1.54) is 12.1 Å². The lowest BCUT2D eigenvalue weighted by atomic mass is 10.1. The van der Waals surface area contributed by atoms with Gasteiger partial charge in [0.25, 0.3) is 0 Å². The van der Waals surface area contributed by atoms with Gasteiger partial charge in [-0.15, -0.1) is 0 Å². The van der Waals surface area contributed by atoms with Crippen LogP contribution in [0.15, 0.2) is 54.6 Å². The summed E-state index contributed by atoms with van der Waals surface area (Å²) >= 11 is 0. The smallest absolute Gasteiger partial charge is 0.350 e. The van der Waals surface area contributed by atoms with Crippen LogP contribution in [0.1, 0.15) is 16.8 Å². The van der Waals surface area contributed by atoms with E-state index < -0.39 is 11.7 Å². The van der Waals surface area contributed by atoms with Gasteiger partial charge in [0.05, 0.1) is 11.1 Å². The van der Waals surface area contributed by atoms with E-state index in [-0.39, 0.29) is 6.54 Å². The summed E-state index contributed by atoms with van der Waals surface area (Å²) in [6.45, 7) is 2.19. The number of halogens is 3. The van der Waals surface area contributed by atoms with Crippen molar-refractivity contribution in [3.63, 3.8) is 0 Å². The van der Waals surface area contributed by atoms with Crippen molar-refractivity contribution in [2.45, 2.75) is 19.6 Å². The Kier molecular flexibility index (Phi) is 4.79. The molecule has 0 aliphatic carbocycles. The van der Waals surface area contributed by atoms with Gasteiger partial charge in [-0.05, 0) is 36.8 Å². The minimum absolute atomic E-state index is 0.289. The van der Waals surface area contributed by atoms with Crippen LogP contribution >= 0.6 is 0 Å². The van der Waals surface area contributed by atoms with Gasteiger partial charge in [-0.25, -0.2) is 4.98 Å². The van der Waals surface area contributed by atoms with E-state index in [1.54, 1.807) is 0 Å². The lowest BCUT2D eigenvalue weighted by Gasteiger charge is -2.11. The number of hydrogen-bond acceptors (Lipinski definition) is 5. The molecule has 0 aliphatic rings. The molecule has 0 radical (unpaired) electrons. The average molecular weight is 398 g/mol. The van der Waals surface area contributed by atoms with Gasteiger partial charge in [-0.1, -0.05) is 24.3 Å². The van der Waals surface area contributed by atoms with E-state index in [9.17, 15) is 13.2 Å². The van der Waals surface area contributed by atoms with Crippen LogP contribution in [-0.4, -0.2) is 20.2 Å². The average Bonchev–Trinajstić information content (AvgIpc) is 3.11. The second-order valence-electron chi connectivity index (χ2n) is 6.52. The molecule has 0 spiro atoms. The number of rotatable bonds is 5. The number of nitrogens with one attached hydrogen (secondary N) is 3. The van der Waals surface area contributed by atoms with Crippen molar-refractivity contribution in [1.82, 2.24) is 20.2 Å². The molecule has 148 valence electrons. The Balaban J connectivity index is 1.57. The highest BCUT2D eigenvalue weighted by atomic mass is 19.4. The molecule has 0 fully saturated rings. The second-order valence-corrected chi connectivity index (χ2v) is 6.52. The second kappa shape index (κ2) is 7.42. The summed E-state index contributed by atoms with van der Waals surface area (Å²) in [5.41, 5.74) is 1.65. The van der Waals surface area contributed by atoms with E-state index >= 15 is 0 Å². The lowest BCUT2D eigenvalue weighted by Crippen LogP contribution is -2.07. The van der Waals surface area contributed by atoms with Crippen molar-refractivity contribution < 1.29 is 13.2 Å². The summed E-state index contributed by atoms with van der Waals surface area (Å²) in [6, 6.07) is 14.4. The minimum atomic E-state index is -4.35. The van der Waals surface area contributed by atoms with E-state index in [0.717, 1.165) is 28.7 Å². The minimum Gasteiger partial charge on any atom is -0.350 e. The Morgan fingerprint density at radius 3 is 2.45 bits per heavy atom. The summed E-state index contributed by atoms with van der Waals surface area (Å²) in [5.74, 6) is 1.57. The number of aromatic amines is 1. The summed E-state index contributed by atoms with van der Waals surface area (Å²) in [7, 11) is 0. The Morgan fingerprint density at radius 2 is 1.76 bits per heavy atom. The summed E-state index contributed by atoms with van der Waals surface area (Å²) < 4.78 is 38.1. The molecule has 2 heterocycles. The number of nitrogens with zero attached hydrogens (tertiary/aromatic N) is 3. The van der Waals surface area contributed by atoms with Gasteiger partial charge in [0, 0.05) is 23.7 Å². The number of fused-ring (bicyclic) bond motifs is 1. The van der Waals surface area contributed by atoms with Crippen LogP contribution in [0.3, 0.4) is 0 Å². The van der Waals surface area contributed by atoms with E-state index in [1.807, 2.05) is 37.3 Å². The maximum atomic E-state index is 12.7. The van der Waals surface area contributed by atoms with Crippen molar-refractivity contribution in [1.29, 1.82) is 0 Å². The number of para-hydroxylation sites is 1. The Hall–Kier alpha value is -3.62. The van der Waals surface area contributed by atoms with Gasteiger partial charge < -0.3 is 10.6 Å². The molecule has 9 heteroatoms. The van der Waals surface area contributed by atoms with Crippen molar-refractivity contribution in [3.8, 4) is 0 Å². The van der Waals surface area contributed by atoms with Crippen LogP contribution in [0.2, 0.25) is 0 Å². The van der Waals surface area contributed by atoms with Crippen LogP contribution in [-0.2, 0) is 12.7 Å². The van der Waals surface area contributed by atoms with Crippen LogP contribution in [0.4, 0.5) is 30.8 Å². The Labute approximate surface area is 164 Å². The number of alkyl halides is 3. The molecule has 6 nitrogen and oxygen atoms in total. The molecule has 3 N–H and O–H groups in total. The fourth-order valence-electron chi connectivity index (χ4n) is 2.85. The first-order chi connectivity index (χ1) is 13.9. The van der Waals surface area contributed by atoms with Crippen LogP contribution < -0.4 is 10.6 Å². The molecular formula is C20H17F3N6. The zero-order chi connectivity index (χ0) is 20.4. The van der Waals surface area contributed by atoms with Gasteiger partial charge in [0.15, 0.2) is 5.82 Å². The highest BCUT2D eigenvalue weighted by molar-refractivity contribution is 5.91. The molecular weight excluding hydrogens is 381 g/mol. The number of anilines is 3.